The van der Waals surface area contributed by atoms with E-state index in [0.717, 1.165) is 31.5 Å². The fraction of sp³-hybridized carbons (Fsp3) is 0.923. The van der Waals surface area contributed by atoms with Crippen LogP contribution in [0.5, 0.6) is 0 Å². The summed E-state index contributed by atoms with van der Waals surface area (Å²) in [5, 5.41) is 6.80. The zero-order valence-corrected chi connectivity index (χ0v) is 11.2. The van der Waals surface area contributed by atoms with Gasteiger partial charge in [0.15, 0.2) is 5.96 Å². The predicted molar refractivity (Wildman–Crippen MR) is 72.4 cm³/mol. The molecule has 4 nitrogen and oxygen atoms in total. The van der Waals surface area contributed by atoms with Gasteiger partial charge < -0.3 is 15.5 Å². The highest BCUT2D eigenvalue weighted by atomic mass is 15.2. The van der Waals surface area contributed by atoms with Gasteiger partial charge in [-0.1, -0.05) is 0 Å². The van der Waals surface area contributed by atoms with Crippen LogP contribution in [0.15, 0.2) is 4.99 Å². The van der Waals surface area contributed by atoms with E-state index in [0.29, 0.717) is 6.04 Å². The van der Waals surface area contributed by atoms with Gasteiger partial charge in [0.05, 0.1) is 0 Å². The molecule has 0 aromatic heterocycles. The molecule has 17 heavy (non-hydrogen) atoms. The Morgan fingerprint density at radius 3 is 2.71 bits per heavy atom. The maximum atomic E-state index is 4.64. The average Bonchev–Trinajstić information content (AvgIpc) is 3.06. The number of hydrogen-bond donors (Lipinski definition) is 2. The van der Waals surface area contributed by atoms with Crippen molar-refractivity contribution in [2.75, 3.05) is 33.2 Å². The molecule has 0 bridgehead atoms. The topological polar surface area (TPSA) is 39.7 Å². The van der Waals surface area contributed by atoms with Crippen molar-refractivity contribution in [1.82, 2.24) is 15.5 Å². The Kier molecular flexibility index (Phi) is 4.66. The highest BCUT2D eigenvalue weighted by Crippen LogP contribution is 2.28. The first-order valence-electron chi connectivity index (χ1n) is 7.02. The Labute approximate surface area is 105 Å². The highest BCUT2D eigenvalue weighted by molar-refractivity contribution is 5.79. The van der Waals surface area contributed by atoms with E-state index >= 15 is 0 Å². The van der Waals surface area contributed by atoms with E-state index < -0.39 is 0 Å². The third-order valence-corrected chi connectivity index (χ3v) is 3.73. The molecule has 0 radical (unpaired) electrons. The molecule has 1 aliphatic heterocycles. The summed E-state index contributed by atoms with van der Waals surface area (Å²) in [4.78, 5) is 7.08. The lowest BCUT2D eigenvalue weighted by atomic mass is 10.2. The summed E-state index contributed by atoms with van der Waals surface area (Å²) in [6, 6.07) is 0.680. The second-order valence-electron chi connectivity index (χ2n) is 5.32. The van der Waals surface area contributed by atoms with E-state index in [-0.39, 0.29) is 0 Å². The van der Waals surface area contributed by atoms with Crippen molar-refractivity contribution in [3.63, 3.8) is 0 Å². The van der Waals surface area contributed by atoms with Gasteiger partial charge in [0.1, 0.15) is 0 Å². The van der Waals surface area contributed by atoms with Crippen LogP contribution in [0.25, 0.3) is 0 Å². The molecule has 1 unspecified atom stereocenters. The quantitative estimate of drug-likeness (QED) is 0.555. The van der Waals surface area contributed by atoms with Gasteiger partial charge in [-0.25, -0.2) is 0 Å². The number of rotatable bonds is 5. The molecule has 98 valence electrons. The van der Waals surface area contributed by atoms with Crippen LogP contribution >= 0.6 is 0 Å². The van der Waals surface area contributed by atoms with Crippen LogP contribution in [-0.2, 0) is 0 Å². The summed E-state index contributed by atoms with van der Waals surface area (Å²) >= 11 is 0. The molecule has 1 atom stereocenters. The second-order valence-corrected chi connectivity index (χ2v) is 5.32. The second kappa shape index (κ2) is 6.24. The Morgan fingerprint density at radius 2 is 2.12 bits per heavy atom. The largest absolute Gasteiger partial charge is 0.357 e. The third kappa shape index (κ3) is 4.19. The zero-order chi connectivity index (χ0) is 12.1. The predicted octanol–water partition coefficient (Wildman–Crippen LogP) is 1.05. The van der Waals surface area contributed by atoms with E-state index in [4.69, 9.17) is 0 Å². The summed E-state index contributed by atoms with van der Waals surface area (Å²) < 4.78 is 0. The summed E-state index contributed by atoms with van der Waals surface area (Å²) in [6.45, 7) is 6.32. The van der Waals surface area contributed by atoms with Crippen molar-refractivity contribution in [3.8, 4) is 0 Å². The minimum atomic E-state index is 0.680. The van der Waals surface area contributed by atoms with Gasteiger partial charge in [0.25, 0.3) is 0 Å². The molecule has 0 amide bonds. The summed E-state index contributed by atoms with van der Waals surface area (Å²) in [7, 11) is 2.22. The van der Waals surface area contributed by atoms with Crippen LogP contribution in [0.4, 0.5) is 0 Å². The first-order valence-corrected chi connectivity index (χ1v) is 7.02. The van der Waals surface area contributed by atoms with Gasteiger partial charge in [0, 0.05) is 25.7 Å². The molecule has 1 aliphatic carbocycles. The number of nitrogens with zero attached hydrogens (tertiary/aromatic N) is 2. The number of guanidine groups is 1. The maximum absolute atomic E-state index is 4.64. The molecular formula is C13H26N4. The van der Waals surface area contributed by atoms with Crippen molar-refractivity contribution in [3.05, 3.63) is 0 Å². The van der Waals surface area contributed by atoms with Gasteiger partial charge in [-0.05, 0) is 52.1 Å². The first-order chi connectivity index (χ1) is 8.29. The van der Waals surface area contributed by atoms with Crippen molar-refractivity contribution >= 4 is 5.96 Å². The van der Waals surface area contributed by atoms with Crippen LogP contribution in [0, 0.1) is 5.92 Å². The average molecular weight is 238 g/mol. The van der Waals surface area contributed by atoms with E-state index in [1.165, 1.54) is 32.2 Å². The number of hydrogen-bond acceptors (Lipinski definition) is 2. The van der Waals surface area contributed by atoms with Crippen LogP contribution in [0.2, 0.25) is 0 Å². The molecule has 2 fully saturated rings. The number of aliphatic imine (C=N–C) groups is 1. The maximum Gasteiger partial charge on any atom is 0.191 e. The van der Waals surface area contributed by atoms with Crippen LogP contribution in [0.3, 0.4) is 0 Å². The first kappa shape index (κ1) is 12.7. The molecular weight excluding hydrogens is 212 g/mol. The summed E-state index contributed by atoms with van der Waals surface area (Å²) in [5.41, 5.74) is 0. The number of likely N-dealkylation sites (tertiary alicyclic amines) is 1. The lowest BCUT2D eigenvalue weighted by Crippen LogP contribution is -2.44. The molecule has 0 aromatic carbocycles. The molecule has 1 saturated heterocycles. The zero-order valence-electron chi connectivity index (χ0n) is 11.2. The van der Waals surface area contributed by atoms with Crippen molar-refractivity contribution in [2.45, 2.75) is 38.6 Å². The lowest BCUT2D eigenvalue weighted by molar-refractivity contribution is 0.309. The fourth-order valence-electron chi connectivity index (χ4n) is 2.31. The van der Waals surface area contributed by atoms with Gasteiger partial charge in [-0.15, -0.1) is 0 Å². The SMILES string of the molecule is CCNC(=NCC1CC1)NCC1CCCN1C. The molecule has 0 aromatic rings. The van der Waals surface area contributed by atoms with Gasteiger partial charge in [-0.2, -0.15) is 0 Å². The smallest absolute Gasteiger partial charge is 0.191 e. The normalized spacial score (nSPS) is 26.2. The Bertz CT molecular complexity index is 260. The van der Waals surface area contributed by atoms with E-state index in [2.05, 4.69) is 34.5 Å². The molecule has 1 heterocycles. The van der Waals surface area contributed by atoms with Crippen molar-refractivity contribution in [1.29, 1.82) is 0 Å². The molecule has 2 aliphatic rings. The van der Waals surface area contributed by atoms with Gasteiger partial charge >= 0.3 is 0 Å². The van der Waals surface area contributed by atoms with Gasteiger partial charge in [0.2, 0.25) is 0 Å². The molecule has 4 heteroatoms. The third-order valence-electron chi connectivity index (χ3n) is 3.73. The van der Waals surface area contributed by atoms with Crippen LogP contribution in [-0.4, -0.2) is 50.1 Å². The standard InChI is InChI=1S/C13H26N4/c1-3-14-13(15-9-11-6-7-11)16-10-12-5-4-8-17(12)2/h11-12H,3-10H2,1-2H3,(H2,14,15,16). The highest BCUT2D eigenvalue weighted by Gasteiger charge is 2.22. The molecule has 1 saturated carbocycles. The summed E-state index contributed by atoms with van der Waals surface area (Å²) in [5.74, 6) is 1.86. The number of likely N-dealkylation sites (N-methyl/N-ethyl adjacent to an activating group) is 1. The fourth-order valence-corrected chi connectivity index (χ4v) is 2.31. The summed E-state index contributed by atoms with van der Waals surface area (Å²) in [6.07, 6.45) is 5.38. The Balaban J connectivity index is 1.73. The Hall–Kier alpha value is -0.770. The minimum absolute atomic E-state index is 0.680. The van der Waals surface area contributed by atoms with E-state index in [1.54, 1.807) is 0 Å². The van der Waals surface area contributed by atoms with Crippen molar-refractivity contribution < 1.29 is 0 Å². The molecule has 2 N–H and O–H groups in total. The van der Waals surface area contributed by atoms with E-state index in [9.17, 15) is 0 Å². The molecule has 2 rings (SSSR count). The van der Waals surface area contributed by atoms with Crippen molar-refractivity contribution in [2.24, 2.45) is 10.9 Å². The van der Waals surface area contributed by atoms with Crippen LogP contribution < -0.4 is 10.6 Å². The van der Waals surface area contributed by atoms with Gasteiger partial charge in [-0.3, -0.25) is 4.99 Å². The monoisotopic (exact) mass is 238 g/mol. The Morgan fingerprint density at radius 1 is 1.29 bits per heavy atom. The minimum Gasteiger partial charge on any atom is -0.357 e. The molecule has 0 spiro atoms. The van der Waals surface area contributed by atoms with Crippen LogP contribution in [0.1, 0.15) is 32.6 Å². The number of nitrogens with one attached hydrogen (secondary N) is 2. The lowest BCUT2D eigenvalue weighted by Gasteiger charge is -2.21. The van der Waals surface area contributed by atoms with E-state index in [1.807, 2.05) is 0 Å².